The standard InChI is InChI=1S/C24H31N7O/c1-17-9-11-19(12-10-17)31-22(15-18(2)28-31)25-23(32)16-29-13-6-7-20(29)24-27-26-21-8-4-3-5-14-30(21)24/h9-12,15,20H,3-8,13-14,16H2,1-2H3,(H,25,32). The molecule has 1 aromatic carbocycles. The minimum Gasteiger partial charge on any atom is -0.314 e. The Morgan fingerprint density at radius 1 is 1.06 bits per heavy atom. The monoisotopic (exact) mass is 433 g/mol. The van der Waals surface area contributed by atoms with Gasteiger partial charge in [0, 0.05) is 19.0 Å². The van der Waals surface area contributed by atoms with Crippen molar-refractivity contribution in [1.82, 2.24) is 29.4 Å². The van der Waals surface area contributed by atoms with E-state index in [1.165, 1.54) is 24.8 Å². The van der Waals surface area contributed by atoms with E-state index in [2.05, 4.69) is 37.0 Å². The Bertz CT molecular complexity index is 1100. The molecule has 4 heterocycles. The quantitative estimate of drug-likeness (QED) is 0.665. The number of hydrogen-bond donors (Lipinski definition) is 1. The number of carbonyl (C=O) groups is 1. The summed E-state index contributed by atoms with van der Waals surface area (Å²) in [4.78, 5) is 15.3. The number of anilines is 1. The van der Waals surface area contributed by atoms with Gasteiger partial charge in [-0.1, -0.05) is 24.1 Å². The van der Waals surface area contributed by atoms with Gasteiger partial charge in [0.05, 0.1) is 24.0 Å². The van der Waals surface area contributed by atoms with E-state index >= 15 is 0 Å². The summed E-state index contributed by atoms with van der Waals surface area (Å²) in [5.41, 5.74) is 2.99. The minimum absolute atomic E-state index is 0.0271. The van der Waals surface area contributed by atoms with Gasteiger partial charge in [0.1, 0.15) is 17.5 Å². The Morgan fingerprint density at radius 3 is 2.75 bits per heavy atom. The molecule has 1 saturated heterocycles. The van der Waals surface area contributed by atoms with Gasteiger partial charge >= 0.3 is 0 Å². The molecule has 0 saturated carbocycles. The van der Waals surface area contributed by atoms with E-state index in [9.17, 15) is 4.79 Å². The highest BCUT2D eigenvalue weighted by Crippen LogP contribution is 2.32. The molecule has 5 rings (SSSR count). The highest BCUT2D eigenvalue weighted by molar-refractivity contribution is 5.91. The summed E-state index contributed by atoms with van der Waals surface area (Å²) in [6.45, 7) is 6.22. The molecular weight excluding hydrogens is 402 g/mol. The number of benzene rings is 1. The Balaban J connectivity index is 1.31. The normalized spacial score (nSPS) is 19.0. The van der Waals surface area contributed by atoms with Crippen LogP contribution in [0.1, 0.15) is 61.1 Å². The molecule has 1 amide bonds. The lowest BCUT2D eigenvalue weighted by Crippen LogP contribution is -2.34. The number of nitrogens with zero attached hydrogens (tertiary/aromatic N) is 6. The van der Waals surface area contributed by atoms with E-state index in [1.54, 1.807) is 4.68 Å². The van der Waals surface area contributed by atoms with Gasteiger partial charge in [0.2, 0.25) is 5.91 Å². The van der Waals surface area contributed by atoms with Gasteiger partial charge in [-0.3, -0.25) is 9.69 Å². The molecule has 168 valence electrons. The molecule has 2 aromatic heterocycles. The van der Waals surface area contributed by atoms with Gasteiger partial charge in [-0.25, -0.2) is 4.68 Å². The van der Waals surface area contributed by atoms with Crippen LogP contribution >= 0.6 is 0 Å². The van der Waals surface area contributed by atoms with E-state index in [-0.39, 0.29) is 11.9 Å². The number of fused-ring (bicyclic) bond motifs is 1. The lowest BCUT2D eigenvalue weighted by Gasteiger charge is -2.24. The van der Waals surface area contributed by atoms with Crippen molar-refractivity contribution < 1.29 is 4.79 Å². The molecule has 1 atom stereocenters. The van der Waals surface area contributed by atoms with Crippen LogP contribution in [0.2, 0.25) is 0 Å². The van der Waals surface area contributed by atoms with Gasteiger partial charge in [-0.2, -0.15) is 5.10 Å². The number of aromatic nitrogens is 5. The summed E-state index contributed by atoms with van der Waals surface area (Å²) in [5, 5.41) is 16.7. The molecule has 32 heavy (non-hydrogen) atoms. The number of hydrogen-bond acceptors (Lipinski definition) is 5. The van der Waals surface area contributed by atoms with Gasteiger partial charge in [0.25, 0.3) is 0 Å². The average molecular weight is 434 g/mol. The second kappa shape index (κ2) is 8.86. The van der Waals surface area contributed by atoms with Crippen molar-refractivity contribution in [2.45, 2.75) is 65.0 Å². The van der Waals surface area contributed by atoms with E-state index in [0.717, 1.165) is 55.4 Å². The van der Waals surface area contributed by atoms with E-state index in [1.807, 2.05) is 37.3 Å². The SMILES string of the molecule is Cc1ccc(-n2nc(C)cc2NC(=O)CN2CCCC2c2nnc3n2CCCCC3)cc1. The smallest absolute Gasteiger partial charge is 0.239 e. The van der Waals surface area contributed by atoms with Gasteiger partial charge in [-0.15, -0.1) is 10.2 Å². The van der Waals surface area contributed by atoms with Crippen LogP contribution in [0.4, 0.5) is 5.82 Å². The number of rotatable bonds is 5. The molecule has 2 aliphatic rings. The molecule has 0 radical (unpaired) electrons. The maximum atomic E-state index is 13.0. The molecule has 0 bridgehead atoms. The maximum Gasteiger partial charge on any atom is 0.239 e. The van der Waals surface area contributed by atoms with Crippen LogP contribution < -0.4 is 5.32 Å². The average Bonchev–Trinajstić information content (AvgIpc) is 3.43. The Morgan fingerprint density at radius 2 is 1.91 bits per heavy atom. The van der Waals surface area contributed by atoms with Crippen LogP contribution in [0, 0.1) is 13.8 Å². The largest absolute Gasteiger partial charge is 0.314 e. The molecule has 0 spiro atoms. The topological polar surface area (TPSA) is 80.9 Å². The lowest BCUT2D eigenvalue weighted by atomic mass is 10.2. The van der Waals surface area contributed by atoms with Gasteiger partial charge in [-0.05, 0) is 58.2 Å². The molecule has 1 fully saturated rings. The zero-order chi connectivity index (χ0) is 22.1. The molecule has 8 heteroatoms. The van der Waals surface area contributed by atoms with Crippen LogP contribution in [0.15, 0.2) is 30.3 Å². The third-order valence-electron chi connectivity index (χ3n) is 6.52. The zero-order valence-electron chi connectivity index (χ0n) is 18.9. The molecule has 1 N–H and O–H groups in total. The van der Waals surface area contributed by atoms with Crippen LogP contribution in [0.5, 0.6) is 0 Å². The van der Waals surface area contributed by atoms with Crippen molar-refractivity contribution >= 4 is 11.7 Å². The highest BCUT2D eigenvalue weighted by atomic mass is 16.2. The second-order valence-electron chi connectivity index (χ2n) is 9.03. The van der Waals surface area contributed by atoms with E-state index in [0.29, 0.717) is 12.4 Å². The summed E-state index contributed by atoms with van der Waals surface area (Å²) in [7, 11) is 0. The summed E-state index contributed by atoms with van der Waals surface area (Å²) in [6, 6.07) is 10.2. The summed E-state index contributed by atoms with van der Waals surface area (Å²) in [6.07, 6.45) is 6.69. The second-order valence-corrected chi connectivity index (χ2v) is 9.03. The number of likely N-dealkylation sites (tertiary alicyclic amines) is 1. The van der Waals surface area contributed by atoms with Crippen molar-refractivity contribution in [3.63, 3.8) is 0 Å². The lowest BCUT2D eigenvalue weighted by molar-refractivity contribution is -0.117. The van der Waals surface area contributed by atoms with E-state index < -0.39 is 0 Å². The number of amides is 1. The Kier molecular flexibility index (Phi) is 5.78. The third-order valence-corrected chi connectivity index (χ3v) is 6.52. The fourth-order valence-corrected chi connectivity index (χ4v) is 4.90. The number of aryl methyl sites for hydroxylation is 3. The van der Waals surface area contributed by atoms with Crippen molar-refractivity contribution in [3.05, 3.63) is 53.2 Å². The minimum atomic E-state index is -0.0271. The first-order valence-electron chi connectivity index (χ1n) is 11.7. The third kappa shape index (κ3) is 4.19. The number of carbonyl (C=O) groups excluding carboxylic acids is 1. The fourth-order valence-electron chi connectivity index (χ4n) is 4.90. The van der Waals surface area contributed by atoms with Crippen LogP contribution in [-0.2, 0) is 17.8 Å². The van der Waals surface area contributed by atoms with Crippen molar-refractivity contribution in [2.24, 2.45) is 0 Å². The van der Waals surface area contributed by atoms with E-state index in [4.69, 9.17) is 0 Å². The fraction of sp³-hybridized carbons (Fsp3) is 0.500. The zero-order valence-corrected chi connectivity index (χ0v) is 18.9. The molecule has 3 aromatic rings. The molecule has 1 unspecified atom stereocenters. The van der Waals surface area contributed by atoms with Crippen molar-refractivity contribution in [3.8, 4) is 5.69 Å². The first-order valence-corrected chi connectivity index (χ1v) is 11.7. The first kappa shape index (κ1) is 20.9. The number of nitrogens with one attached hydrogen (secondary N) is 1. The summed E-state index contributed by atoms with van der Waals surface area (Å²) < 4.78 is 4.11. The van der Waals surface area contributed by atoms with Gasteiger partial charge < -0.3 is 9.88 Å². The Hall–Kier alpha value is -3.00. The molecular formula is C24H31N7O. The summed E-state index contributed by atoms with van der Waals surface area (Å²) >= 11 is 0. The molecule has 8 nitrogen and oxygen atoms in total. The van der Waals surface area contributed by atoms with Crippen molar-refractivity contribution in [2.75, 3.05) is 18.4 Å². The molecule has 2 aliphatic heterocycles. The molecule has 0 aliphatic carbocycles. The Labute approximate surface area is 188 Å². The van der Waals surface area contributed by atoms with Gasteiger partial charge in [0.15, 0.2) is 0 Å². The maximum absolute atomic E-state index is 13.0. The highest BCUT2D eigenvalue weighted by Gasteiger charge is 2.32. The predicted molar refractivity (Wildman–Crippen MR) is 123 cm³/mol. The van der Waals surface area contributed by atoms with Crippen LogP contribution in [-0.4, -0.2) is 48.4 Å². The van der Waals surface area contributed by atoms with Crippen molar-refractivity contribution in [1.29, 1.82) is 0 Å². The first-order chi connectivity index (χ1) is 15.6. The van der Waals surface area contributed by atoms with Crippen LogP contribution in [0.25, 0.3) is 5.69 Å². The summed E-state index contributed by atoms with van der Waals surface area (Å²) in [5.74, 6) is 2.81. The van der Waals surface area contributed by atoms with Crippen LogP contribution in [0.3, 0.4) is 0 Å². The predicted octanol–water partition coefficient (Wildman–Crippen LogP) is 3.58.